The van der Waals surface area contributed by atoms with Gasteiger partial charge in [0.2, 0.25) is 0 Å². The first kappa shape index (κ1) is 13.1. The third-order valence-electron chi connectivity index (χ3n) is 3.11. The Morgan fingerprint density at radius 1 is 1.24 bits per heavy atom. The number of benzene rings is 1. The molecule has 2 heterocycles. The van der Waals surface area contributed by atoms with Gasteiger partial charge < -0.3 is 10.1 Å². The second kappa shape index (κ2) is 5.20. The molecule has 104 valence electrons. The fourth-order valence-electron chi connectivity index (χ4n) is 1.97. The summed E-state index contributed by atoms with van der Waals surface area (Å²) in [5.41, 5.74) is 2.48. The third kappa shape index (κ3) is 2.67. The van der Waals surface area contributed by atoms with Gasteiger partial charge in [0.25, 0.3) is 5.56 Å². The van der Waals surface area contributed by atoms with Gasteiger partial charge in [0.05, 0.1) is 0 Å². The highest BCUT2D eigenvalue weighted by atomic mass is 16.3. The lowest BCUT2D eigenvalue weighted by atomic mass is 10.1. The molecule has 2 N–H and O–H groups in total. The zero-order chi connectivity index (χ0) is 14.8. The molecule has 0 bridgehead atoms. The standard InChI is InChI=1S/C16H13N3O2/c1-10-4-6-11(7-5-10)14(20)9-13-16(21)19-15-12(18-13)3-2-8-17-15/h2-9,20H,1H3,(H,17,19,21)/b14-9-. The van der Waals surface area contributed by atoms with Crippen LogP contribution in [0, 0.1) is 6.92 Å². The fraction of sp³-hybridized carbons (Fsp3) is 0.0625. The molecule has 0 radical (unpaired) electrons. The highest BCUT2D eigenvalue weighted by Gasteiger charge is 2.05. The zero-order valence-electron chi connectivity index (χ0n) is 11.4. The highest BCUT2D eigenvalue weighted by Crippen LogP contribution is 2.14. The van der Waals surface area contributed by atoms with Gasteiger partial charge in [-0.3, -0.25) is 4.79 Å². The summed E-state index contributed by atoms with van der Waals surface area (Å²) in [6.45, 7) is 1.97. The molecule has 3 rings (SSSR count). The number of fused-ring (bicyclic) bond motifs is 1. The molecule has 0 aliphatic heterocycles. The van der Waals surface area contributed by atoms with Gasteiger partial charge in [-0.2, -0.15) is 0 Å². The van der Waals surface area contributed by atoms with Crippen LogP contribution in [0.5, 0.6) is 0 Å². The third-order valence-corrected chi connectivity index (χ3v) is 3.11. The van der Waals surface area contributed by atoms with Gasteiger partial charge in [-0.15, -0.1) is 0 Å². The average Bonchev–Trinajstić information content (AvgIpc) is 2.48. The number of nitrogens with one attached hydrogen (secondary N) is 1. The molecule has 0 saturated heterocycles. The lowest BCUT2D eigenvalue weighted by molar-refractivity contribution is 0.515. The SMILES string of the molecule is Cc1ccc(/C(O)=C/c2nc3cccnc3[nH]c2=O)cc1. The van der Waals surface area contributed by atoms with Crippen LogP contribution in [0.15, 0.2) is 47.4 Å². The lowest BCUT2D eigenvalue weighted by Crippen LogP contribution is -2.12. The Morgan fingerprint density at radius 3 is 2.76 bits per heavy atom. The number of rotatable bonds is 2. The molecule has 0 spiro atoms. The van der Waals surface area contributed by atoms with Crippen molar-refractivity contribution in [3.8, 4) is 0 Å². The Kier molecular flexibility index (Phi) is 3.23. The number of H-pyrrole nitrogens is 1. The van der Waals surface area contributed by atoms with Crippen LogP contribution in [0.1, 0.15) is 16.8 Å². The van der Waals surface area contributed by atoms with Gasteiger partial charge in [-0.1, -0.05) is 29.8 Å². The molecule has 0 amide bonds. The smallest absolute Gasteiger partial charge is 0.275 e. The summed E-state index contributed by atoms with van der Waals surface area (Å²) in [6, 6.07) is 10.8. The second-order valence-electron chi connectivity index (χ2n) is 4.72. The summed E-state index contributed by atoms with van der Waals surface area (Å²) in [5.74, 6) is -0.00348. The van der Waals surface area contributed by atoms with E-state index in [0.717, 1.165) is 5.56 Å². The first-order valence-electron chi connectivity index (χ1n) is 6.46. The molecule has 0 fully saturated rings. The van der Waals surface area contributed by atoms with Crippen molar-refractivity contribution in [2.45, 2.75) is 6.92 Å². The number of aromatic nitrogens is 3. The number of aryl methyl sites for hydroxylation is 1. The molecule has 0 saturated carbocycles. The van der Waals surface area contributed by atoms with Crippen molar-refractivity contribution in [2.24, 2.45) is 0 Å². The summed E-state index contributed by atoms with van der Waals surface area (Å²) in [4.78, 5) is 22.8. The van der Waals surface area contributed by atoms with E-state index < -0.39 is 0 Å². The Hall–Kier alpha value is -2.95. The largest absolute Gasteiger partial charge is 0.507 e. The maximum absolute atomic E-state index is 11.9. The molecule has 0 aliphatic rings. The molecule has 1 aromatic carbocycles. The van der Waals surface area contributed by atoms with Crippen molar-refractivity contribution in [2.75, 3.05) is 0 Å². The highest BCUT2D eigenvalue weighted by molar-refractivity contribution is 5.77. The van der Waals surface area contributed by atoms with E-state index in [1.54, 1.807) is 30.5 Å². The van der Waals surface area contributed by atoms with Crippen LogP contribution >= 0.6 is 0 Å². The van der Waals surface area contributed by atoms with Gasteiger partial charge in [0, 0.05) is 17.8 Å². The molecular weight excluding hydrogens is 266 g/mol. The minimum absolute atomic E-state index is 0.00348. The van der Waals surface area contributed by atoms with Gasteiger partial charge in [-0.25, -0.2) is 9.97 Å². The monoisotopic (exact) mass is 279 g/mol. The van der Waals surface area contributed by atoms with E-state index >= 15 is 0 Å². The van der Waals surface area contributed by atoms with Crippen LogP contribution in [-0.2, 0) is 0 Å². The summed E-state index contributed by atoms with van der Waals surface area (Å²) in [6.07, 6.45) is 2.94. The van der Waals surface area contributed by atoms with Crippen molar-refractivity contribution < 1.29 is 5.11 Å². The fourth-order valence-corrected chi connectivity index (χ4v) is 1.97. The van der Waals surface area contributed by atoms with Crippen molar-refractivity contribution in [1.29, 1.82) is 0 Å². The molecule has 0 atom stereocenters. The maximum Gasteiger partial charge on any atom is 0.275 e. The van der Waals surface area contributed by atoms with Crippen LogP contribution in [0.2, 0.25) is 0 Å². The Labute approximate surface area is 120 Å². The molecular formula is C16H13N3O2. The number of aliphatic hydroxyl groups excluding tert-OH is 1. The van der Waals surface area contributed by atoms with Crippen LogP contribution in [0.25, 0.3) is 23.0 Å². The molecule has 2 aromatic heterocycles. The number of hydrogen-bond donors (Lipinski definition) is 2. The topological polar surface area (TPSA) is 78.9 Å². The molecule has 5 heteroatoms. The van der Waals surface area contributed by atoms with E-state index in [1.165, 1.54) is 6.08 Å². The van der Waals surface area contributed by atoms with Crippen LogP contribution in [0.4, 0.5) is 0 Å². The van der Waals surface area contributed by atoms with E-state index in [0.29, 0.717) is 16.7 Å². The van der Waals surface area contributed by atoms with Gasteiger partial charge >= 0.3 is 0 Å². The van der Waals surface area contributed by atoms with Crippen LogP contribution < -0.4 is 5.56 Å². The number of nitrogens with zero attached hydrogens (tertiary/aromatic N) is 2. The number of aromatic amines is 1. The minimum atomic E-state index is -0.389. The summed E-state index contributed by atoms with van der Waals surface area (Å²) >= 11 is 0. The van der Waals surface area contributed by atoms with Crippen LogP contribution in [-0.4, -0.2) is 20.1 Å². The maximum atomic E-state index is 11.9. The van der Waals surface area contributed by atoms with Crippen molar-refractivity contribution >= 4 is 23.0 Å². The summed E-state index contributed by atoms with van der Waals surface area (Å²) in [7, 11) is 0. The van der Waals surface area contributed by atoms with Crippen molar-refractivity contribution in [3.05, 3.63) is 69.8 Å². The molecule has 0 aliphatic carbocycles. The first-order chi connectivity index (χ1) is 10.1. The van der Waals surface area contributed by atoms with Crippen molar-refractivity contribution in [1.82, 2.24) is 15.0 Å². The summed E-state index contributed by atoms with van der Waals surface area (Å²) in [5, 5.41) is 10.1. The second-order valence-corrected chi connectivity index (χ2v) is 4.72. The molecule has 5 nitrogen and oxygen atoms in total. The van der Waals surface area contributed by atoms with Crippen LogP contribution in [0.3, 0.4) is 0 Å². The number of pyridine rings is 1. The van der Waals surface area contributed by atoms with Gasteiger partial charge in [-0.05, 0) is 19.1 Å². The number of aliphatic hydroxyl groups is 1. The van der Waals surface area contributed by atoms with E-state index in [1.807, 2.05) is 19.1 Å². The van der Waals surface area contributed by atoms with Crippen molar-refractivity contribution in [3.63, 3.8) is 0 Å². The van der Waals surface area contributed by atoms with Gasteiger partial charge in [0.1, 0.15) is 17.0 Å². The number of hydrogen-bond acceptors (Lipinski definition) is 4. The van der Waals surface area contributed by atoms with E-state index in [2.05, 4.69) is 15.0 Å². The lowest BCUT2D eigenvalue weighted by Gasteiger charge is -2.02. The first-order valence-corrected chi connectivity index (χ1v) is 6.46. The minimum Gasteiger partial charge on any atom is -0.507 e. The summed E-state index contributed by atoms with van der Waals surface area (Å²) < 4.78 is 0. The zero-order valence-corrected chi connectivity index (χ0v) is 11.4. The Morgan fingerprint density at radius 2 is 2.00 bits per heavy atom. The predicted octanol–water partition coefficient (Wildman–Crippen LogP) is 2.68. The Balaban J connectivity index is 2.07. The van der Waals surface area contributed by atoms with Gasteiger partial charge in [0.15, 0.2) is 5.65 Å². The predicted molar refractivity (Wildman–Crippen MR) is 81.8 cm³/mol. The van der Waals surface area contributed by atoms with E-state index in [4.69, 9.17) is 0 Å². The molecule has 3 aromatic rings. The molecule has 0 unspecified atom stereocenters. The quantitative estimate of drug-likeness (QED) is 0.707. The molecule has 21 heavy (non-hydrogen) atoms. The van der Waals surface area contributed by atoms with E-state index in [9.17, 15) is 9.90 Å². The average molecular weight is 279 g/mol. The van der Waals surface area contributed by atoms with E-state index in [-0.39, 0.29) is 17.0 Å². The normalized spacial score (nSPS) is 11.8. The Bertz CT molecular complexity index is 880.